The van der Waals surface area contributed by atoms with Crippen molar-refractivity contribution >= 4 is 23.6 Å². The van der Waals surface area contributed by atoms with Gasteiger partial charge in [-0.25, -0.2) is 0 Å². The fourth-order valence-electron chi connectivity index (χ4n) is 2.72. The van der Waals surface area contributed by atoms with Crippen molar-refractivity contribution in [3.8, 4) is 0 Å². The molecule has 3 rings (SSSR count). The Balaban J connectivity index is 1.69. The van der Waals surface area contributed by atoms with E-state index in [-0.39, 0.29) is 17.7 Å². The summed E-state index contributed by atoms with van der Waals surface area (Å²) < 4.78 is 0. The van der Waals surface area contributed by atoms with Crippen LogP contribution in [0.15, 0.2) is 29.2 Å². The second kappa shape index (κ2) is 4.79. The van der Waals surface area contributed by atoms with E-state index in [1.807, 2.05) is 24.3 Å². The summed E-state index contributed by atoms with van der Waals surface area (Å²) in [5.41, 5.74) is 5.71. The smallest absolute Gasteiger partial charge is 0.325 e. The topological polar surface area (TPSA) is 83.6 Å². The first-order chi connectivity index (χ1) is 9.49. The van der Waals surface area contributed by atoms with Crippen LogP contribution in [0.5, 0.6) is 0 Å². The van der Waals surface area contributed by atoms with Gasteiger partial charge in [-0.3, -0.25) is 9.59 Å². The summed E-state index contributed by atoms with van der Waals surface area (Å²) in [6, 6.07) is 7.98. The molecule has 0 saturated carbocycles. The van der Waals surface area contributed by atoms with E-state index in [9.17, 15) is 9.59 Å². The Morgan fingerprint density at radius 1 is 1.40 bits per heavy atom. The molecule has 0 aromatic heterocycles. The SMILES string of the molecule is NC1(C(=O)O)CCN(C(=O)C2Cc3ccccc3S2)C1. The largest absolute Gasteiger partial charge is 0.480 e. The number of hydrogen-bond acceptors (Lipinski definition) is 4. The monoisotopic (exact) mass is 292 g/mol. The quantitative estimate of drug-likeness (QED) is 0.839. The Morgan fingerprint density at radius 3 is 2.80 bits per heavy atom. The van der Waals surface area contributed by atoms with Crippen LogP contribution in [0.1, 0.15) is 12.0 Å². The van der Waals surface area contributed by atoms with Crippen LogP contribution in [-0.4, -0.2) is 45.8 Å². The summed E-state index contributed by atoms with van der Waals surface area (Å²) in [7, 11) is 0. The van der Waals surface area contributed by atoms with E-state index in [1.54, 1.807) is 16.7 Å². The van der Waals surface area contributed by atoms with Gasteiger partial charge in [-0.2, -0.15) is 0 Å². The maximum absolute atomic E-state index is 12.5. The summed E-state index contributed by atoms with van der Waals surface area (Å²) in [6.45, 7) is 0.531. The van der Waals surface area contributed by atoms with Gasteiger partial charge in [0.1, 0.15) is 5.54 Å². The third kappa shape index (κ3) is 2.19. The zero-order chi connectivity index (χ0) is 14.3. The predicted octanol–water partition coefficient (Wildman–Crippen LogP) is 0.718. The summed E-state index contributed by atoms with van der Waals surface area (Å²) in [4.78, 5) is 26.3. The molecule has 1 aromatic rings. The van der Waals surface area contributed by atoms with Gasteiger partial charge < -0.3 is 15.7 Å². The minimum Gasteiger partial charge on any atom is -0.480 e. The average Bonchev–Trinajstić information content (AvgIpc) is 3.02. The number of carboxylic acid groups (broad SMARTS) is 1. The van der Waals surface area contributed by atoms with Crippen molar-refractivity contribution in [3.05, 3.63) is 29.8 Å². The van der Waals surface area contributed by atoms with E-state index >= 15 is 0 Å². The minimum absolute atomic E-state index is 0.000208. The summed E-state index contributed by atoms with van der Waals surface area (Å²) in [6.07, 6.45) is 1.03. The molecule has 0 aliphatic carbocycles. The number of thioether (sulfide) groups is 1. The molecule has 5 nitrogen and oxygen atoms in total. The molecule has 106 valence electrons. The van der Waals surface area contributed by atoms with E-state index in [0.717, 1.165) is 4.90 Å². The molecule has 6 heteroatoms. The van der Waals surface area contributed by atoms with Crippen LogP contribution in [0.25, 0.3) is 0 Å². The Morgan fingerprint density at radius 2 is 2.15 bits per heavy atom. The molecule has 1 saturated heterocycles. The number of carbonyl (C=O) groups is 2. The second-order valence-corrected chi connectivity index (χ2v) is 6.63. The van der Waals surface area contributed by atoms with Crippen LogP contribution in [0.4, 0.5) is 0 Å². The molecular weight excluding hydrogens is 276 g/mol. The van der Waals surface area contributed by atoms with Crippen molar-refractivity contribution in [2.45, 2.75) is 28.5 Å². The van der Waals surface area contributed by atoms with Gasteiger partial charge >= 0.3 is 5.97 Å². The second-order valence-electron chi connectivity index (χ2n) is 5.39. The van der Waals surface area contributed by atoms with Crippen molar-refractivity contribution in [1.29, 1.82) is 0 Å². The van der Waals surface area contributed by atoms with E-state index in [4.69, 9.17) is 10.8 Å². The fraction of sp³-hybridized carbons (Fsp3) is 0.429. The number of rotatable bonds is 2. The number of nitrogens with two attached hydrogens (primary N) is 1. The lowest BCUT2D eigenvalue weighted by molar-refractivity contribution is -0.143. The first-order valence-corrected chi connectivity index (χ1v) is 7.43. The molecule has 20 heavy (non-hydrogen) atoms. The van der Waals surface area contributed by atoms with Gasteiger partial charge in [-0.1, -0.05) is 18.2 Å². The Bertz CT molecular complexity index is 552. The van der Waals surface area contributed by atoms with Gasteiger partial charge in [0.25, 0.3) is 0 Å². The lowest BCUT2D eigenvalue weighted by atomic mass is 10.0. The van der Waals surface area contributed by atoms with Crippen LogP contribution >= 0.6 is 11.8 Å². The van der Waals surface area contributed by atoms with Crippen LogP contribution in [-0.2, 0) is 16.0 Å². The molecule has 1 aromatic carbocycles. The molecular formula is C14H16N2O3S. The molecule has 1 fully saturated rings. The van der Waals surface area contributed by atoms with Crippen molar-refractivity contribution in [2.24, 2.45) is 5.73 Å². The predicted molar refractivity (Wildman–Crippen MR) is 75.5 cm³/mol. The maximum atomic E-state index is 12.5. The van der Waals surface area contributed by atoms with Crippen molar-refractivity contribution in [2.75, 3.05) is 13.1 Å². The minimum atomic E-state index is -1.29. The number of hydrogen-bond donors (Lipinski definition) is 2. The van der Waals surface area contributed by atoms with Crippen LogP contribution in [0, 0.1) is 0 Å². The summed E-state index contributed by atoms with van der Waals surface area (Å²) in [5, 5.41) is 8.96. The van der Waals surface area contributed by atoms with E-state index in [2.05, 4.69) is 0 Å². The van der Waals surface area contributed by atoms with Gasteiger partial charge in [0.15, 0.2) is 0 Å². The van der Waals surface area contributed by atoms with E-state index in [0.29, 0.717) is 19.4 Å². The number of nitrogens with zero attached hydrogens (tertiary/aromatic N) is 1. The number of aliphatic carboxylic acids is 1. The molecule has 0 bridgehead atoms. The number of likely N-dealkylation sites (tertiary alicyclic amines) is 1. The van der Waals surface area contributed by atoms with Crippen LogP contribution in [0.3, 0.4) is 0 Å². The van der Waals surface area contributed by atoms with Crippen molar-refractivity contribution in [3.63, 3.8) is 0 Å². The zero-order valence-electron chi connectivity index (χ0n) is 10.9. The van der Waals surface area contributed by atoms with Crippen molar-refractivity contribution < 1.29 is 14.7 Å². The number of carbonyl (C=O) groups excluding carboxylic acids is 1. The number of fused-ring (bicyclic) bond motifs is 1. The van der Waals surface area contributed by atoms with Gasteiger partial charge in [-0.15, -0.1) is 11.8 Å². The molecule has 3 N–H and O–H groups in total. The van der Waals surface area contributed by atoms with Gasteiger partial charge in [0.2, 0.25) is 5.91 Å². The molecule has 2 unspecified atom stereocenters. The van der Waals surface area contributed by atoms with Gasteiger partial charge in [-0.05, 0) is 24.5 Å². The molecule has 2 atom stereocenters. The fourth-order valence-corrected chi connectivity index (χ4v) is 4.00. The highest BCUT2D eigenvalue weighted by atomic mass is 32.2. The molecule has 2 aliphatic heterocycles. The molecule has 1 amide bonds. The first kappa shape index (κ1) is 13.5. The Labute approximate surface area is 121 Å². The highest BCUT2D eigenvalue weighted by molar-refractivity contribution is 8.01. The number of carboxylic acids is 1. The summed E-state index contributed by atoms with van der Waals surface area (Å²) >= 11 is 1.56. The highest BCUT2D eigenvalue weighted by Gasteiger charge is 2.44. The number of amides is 1. The lowest BCUT2D eigenvalue weighted by Gasteiger charge is -2.22. The van der Waals surface area contributed by atoms with Crippen molar-refractivity contribution in [1.82, 2.24) is 4.90 Å². The number of benzene rings is 1. The molecule has 0 radical (unpaired) electrons. The maximum Gasteiger partial charge on any atom is 0.325 e. The Kier molecular flexibility index (Phi) is 3.22. The van der Waals surface area contributed by atoms with E-state index in [1.165, 1.54) is 5.56 Å². The normalized spacial score (nSPS) is 28.4. The van der Waals surface area contributed by atoms with Crippen LogP contribution < -0.4 is 5.73 Å². The first-order valence-electron chi connectivity index (χ1n) is 6.55. The van der Waals surface area contributed by atoms with E-state index < -0.39 is 11.5 Å². The third-order valence-corrected chi connectivity index (χ3v) is 5.27. The Hall–Kier alpha value is -1.53. The molecule has 0 spiro atoms. The highest BCUT2D eigenvalue weighted by Crippen LogP contribution is 2.38. The van der Waals surface area contributed by atoms with Gasteiger partial charge in [0.05, 0.1) is 5.25 Å². The summed E-state index contributed by atoms with van der Waals surface area (Å²) in [5.74, 6) is -1.03. The molecule has 2 heterocycles. The average molecular weight is 292 g/mol. The lowest BCUT2D eigenvalue weighted by Crippen LogP contribution is -2.51. The van der Waals surface area contributed by atoms with Gasteiger partial charge in [0, 0.05) is 18.0 Å². The zero-order valence-corrected chi connectivity index (χ0v) is 11.7. The standard InChI is InChI=1S/C14H16N2O3S/c15-14(13(18)19)5-6-16(8-14)12(17)11-7-9-3-1-2-4-10(9)20-11/h1-4,11H,5-8,15H2,(H,18,19). The van der Waals surface area contributed by atoms with Crippen LogP contribution in [0.2, 0.25) is 0 Å². The molecule has 2 aliphatic rings. The third-order valence-electron chi connectivity index (χ3n) is 3.96.